The molecule has 86 valence electrons. The molecule has 1 aromatic rings. The molecule has 0 aliphatic carbocycles. The van der Waals surface area contributed by atoms with E-state index in [1.165, 1.54) is 5.56 Å². The fourth-order valence-electron chi connectivity index (χ4n) is 1.89. The lowest BCUT2D eigenvalue weighted by Gasteiger charge is -2.08. The van der Waals surface area contributed by atoms with Gasteiger partial charge in [-0.1, -0.05) is 30.3 Å². The van der Waals surface area contributed by atoms with Gasteiger partial charge in [-0.05, 0) is 24.9 Å². The van der Waals surface area contributed by atoms with Crippen LogP contribution in [0.3, 0.4) is 0 Å². The molecule has 0 bridgehead atoms. The SMILES string of the molecule is O=C1OCCC1NCCCc1ccccc1. The smallest absolute Gasteiger partial charge is 0.323 e. The van der Waals surface area contributed by atoms with E-state index in [1.54, 1.807) is 0 Å². The molecule has 3 heteroatoms. The lowest BCUT2D eigenvalue weighted by molar-refractivity contribution is -0.139. The van der Waals surface area contributed by atoms with Crippen molar-refractivity contribution in [2.24, 2.45) is 0 Å². The van der Waals surface area contributed by atoms with Crippen LogP contribution in [0.4, 0.5) is 0 Å². The van der Waals surface area contributed by atoms with E-state index in [0.717, 1.165) is 25.8 Å². The number of carbonyl (C=O) groups excluding carboxylic acids is 1. The van der Waals surface area contributed by atoms with Crippen LogP contribution in [-0.4, -0.2) is 25.2 Å². The van der Waals surface area contributed by atoms with E-state index >= 15 is 0 Å². The second-order valence-electron chi connectivity index (χ2n) is 4.05. The number of esters is 1. The maximum atomic E-state index is 11.2. The first-order valence-corrected chi connectivity index (χ1v) is 5.80. The molecule has 1 N–H and O–H groups in total. The number of cyclic esters (lactones) is 1. The summed E-state index contributed by atoms with van der Waals surface area (Å²) in [7, 11) is 0. The molecule has 0 spiro atoms. The summed E-state index contributed by atoms with van der Waals surface area (Å²) < 4.78 is 4.88. The maximum Gasteiger partial charge on any atom is 0.323 e. The molecule has 1 fully saturated rings. The second-order valence-corrected chi connectivity index (χ2v) is 4.05. The summed E-state index contributed by atoms with van der Waals surface area (Å²) >= 11 is 0. The van der Waals surface area contributed by atoms with Gasteiger partial charge in [0.25, 0.3) is 0 Å². The van der Waals surface area contributed by atoms with Crippen LogP contribution in [0.1, 0.15) is 18.4 Å². The van der Waals surface area contributed by atoms with Crippen molar-refractivity contribution in [1.82, 2.24) is 5.32 Å². The number of carbonyl (C=O) groups is 1. The summed E-state index contributed by atoms with van der Waals surface area (Å²) in [5.74, 6) is -0.0975. The van der Waals surface area contributed by atoms with Gasteiger partial charge in [0.05, 0.1) is 6.61 Å². The third kappa shape index (κ3) is 3.07. The van der Waals surface area contributed by atoms with Crippen LogP contribution in [-0.2, 0) is 16.0 Å². The average Bonchev–Trinajstić information content (AvgIpc) is 2.72. The normalized spacial score (nSPS) is 19.8. The first-order valence-electron chi connectivity index (χ1n) is 5.80. The largest absolute Gasteiger partial charge is 0.464 e. The first-order chi connectivity index (χ1) is 7.86. The molecular formula is C13H17NO2. The van der Waals surface area contributed by atoms with Gasteiger partial charge in [0.15, 0.2) is 0 Å². The third-order valence-electron chi connectivity index (χ3n) is 2.81. The van der Waals surface area contributed by atoms with E-state index in [9.17, 15) is 4.79 Å². The molecule has 3 nitrogen and oxygen atoms in total. The number of nitrogens with one attached hydrogen (secondary N) is 1. The van der Waals surface area contributed by atoms with E-state index in [-0.39, 0.29) is 12.0 Å². The molecule has 16 heavy (non-hydrogen) atoms. The minimum absolute atomic E-state index is 0.0734. The summed E-state index contributed by atoms with van der Waals surface area (Å²) in [5.41, 5.74) is 1.35. The zero-order chi connectivity index (χ0) is 11.2. The van der Waals surface area contributed by atoms with Crippen LogP contribution < -0.4 is 5.32 Å². The highest BCUT2D eigenvalue weighted by Crippen LogP contribution is 2.06. The van der Waals surface area contributed by atoms with Crippen molar-refractivity contribution in [3.05, 3.63) is 35.9 Å². The number of rotatable bonds is 5. The summed E-state index contributed by atoms with van der Waals surface area (Å²) in [6.07, 6.45) is 2.91. The van der Waals surface area contributed by atoms with Crippen LogP contribution in [0.15, 0.2) is 30.3 Å². The van der Waals surface area contributed by atoms with Crippen molar-refractivity contribution in [2.45, 2.75) is 25.3 Å². The van der Waals surface area contributed by atoms with Crippen molar-refractivity contribution < 1.29 is 9.53 Å². The second kappa shape index (κ2) is 5.66. The zero-order valence-corrected chi connectivity index (χ0v) is 9.32. The van der Waals surface area contributed by atoms with Crippen molar-refractivity contribution in [3.63, 3.8) is 0 Å². The predicted molar refractivity (Wildman–Crippen MR) is 62.1 cm³/mol. The summed E-state index contributed by atoms with van der Waals surface area (Å²) in [5, 5.41) is 3.23. The standard InChI is InChI=1S/C13H17NO2/c15-13-12(8-10-16-13)14-9-4-7-11-5-2-1-3-6-11/h1-3,5-6,12,14H,4,7-10H2. The highest BCUT2D eigenvalue weighted by Gasteiger charge is 2.25. The molecule has 1 atom stereocenters. The van der Waals surface area contributed by atoms with Gasteiger partial charge >= 0.3 is 5.97 Å². The van der Waals surface area contributed by atoms with Crippen molar-refractivity contribution >= 4 is 5.97 Å². The van der Waals surface area contributed by atoms with Crippen LogP contribution >= 0.6 is 0 Å². The Labute approximate surface area is 95.8 Å². The molecule has 0 saturated carbocycles. The van der Waals surface area contributed by atoms with Crippen molar-refractivity contribution in [1.29, 1.82) is 0 Å². The Morgan fingerprint density at radius 3 is 2.81 bits per heavy atom. The predicted octanol–water partition coefficient (Wildman–Crippen LogP) is 1.52. The maximum absolute atomic E-state index is 11.2. The zero-order valence-electron chi connectivity index (χ0n) is 9.32. The Morgan fingerprint density at radius 2 is 2.12 bits per heavy atom. The Hall–Kier alpha value is -1.35. The van der Waals surface area contributed by atoms with Crippen LogP contribution in [0.2, 0.25) is 0 Å². The van der Waals surface area contributed by atoms with Crippen LogP contribution in [0.25, 0.3) is 0 Å². The minimum atomic E-state index is -0.0975. The van der Waals surface area contributed by atoms with Gasteiger partial charge in [-0.25, -0.2) is 0 Å². The Morgan fingerprint density at radius 1 is 1.31 bits per heavy atom. The van der Waals surface area contributed by atoms with Crippen LogP contribution in [0, 0.1) is 0 Å². The van der Waals surface area contributed by atoms with Gasteiger partial charge in [-0.15, -0.1) is 0 Å². The topological polar surface area (TPSA) is 38.3 Å². The van der Waals surface area contributed by atoms with E-state index in [1.807, 2.05) is 6.07 Å². The summed E-state index contributed by atoms with van der Waals surface area (Å²) in [6, 6.07) is 10.3. The number of ether oxygens (including phenoxy) is 1. The molecule has 1 heterocycles. The minimum Gasteiger partial charge on any atom is -0.464 e. The van der Waals surface area contributed by atoms with E-state index in [0.29, 0.717) is 6.61 Å². The Bertz CT molecular complexity index is 337. The van der Waals surface area contributed by atoms with E-state index in [2.05, 4.69) is 29.6 Å². The fraction of sp³-hybridized carbons (Fsp3) is 0.462. The molecule has 2 rings (SSSR count). The molecule has 1 saturated heterocycles. The van der Waals surface area contributed by atoms with Gasteiger partial charge in [0.2, 0.25) is 0 Å². The third-order valence-corrected chi connectivity index (χ3v) is 2.81. The molecule has 1 aromatic carbocycles. The Kier molecular flexibility index (Phi) is 3.94. The molecule has 1 aliphatic rings. The van der Waals surface area contributed by atoms with Gasteiger partial charge in [-0.3, -0.25) is 4.79 Å². The first kappa shape index (κ1) is 11.1. The number of hydrogen-bond acceptors (Lipinski definition) is 3. The van der Waals surface area contributed by atoms with Gasteiger partial charge < -0.3 is 10.1 Å². The highest BCUT2D eigenvalue weighted by molar-refractivity contribution is 5.77. The molecule has 1 unspecified atom stereocenters. The number of benzene rings is 1. The van der Waals surface area contributed by atoms with Gasteiger partial charge in [0.1, 0.15) is 6.04 Å². The Balaban J connectivity index is 1.64. The average molecular weight is 219 g/mol. The van der Waals surface area contributed by atoms with E-state index in [4.69, 9.17) is 4.74 Å². The van der Waals surface area contributed by atoms with Crippen molar-refractivity contribution in [3.8, 4) is 0 Å². The lowest BCUT2D eigenvalue weighted by Crippen LogP contribution is -2.33. The van der Waals surface area contributed by atoms with Gasteiger partial charge in [0, 0.05) is 6.42 Å². The quantitative estimate of drug-likeness (QED) is 0.603. The molecule has 1 aliphatic heterocycles. The van der Waals surface area contributed by atoms with E-state index < -0.39 is 0 Å². The monoisotopic (exact) mass is 219 g/mol. The van der Waals surface area contributed by atoms with Gasteiger partial charge in [-0.2, -0.15) is 0 Å². The van der Waals surface area contributed by atoms with Crippen molar-refractivity contribution in [2.75, 3.05) is 13.2 Å². The lowest BCUT2D eigenvalue weighted by atomic mass is 10.1. The highest BCUT2D eigenvalue weighted by atomic mass is 16.5. The molecule has 0 radical (unpaired) electrons. The summed E-state index contributed by atoms with van der Waals surface area (Å²) in [6.45, 7) is 1.43. The molecule has 0 amide bonds. The van der Waals surface area contributed by atoms with Crippen LogP contribution in [0.5, 0.6) is 0 Å². The number of hydrogen-bond donors (Lipinski definition) is 1. The molecule has 0 aromatic heterocycles. The molecular weight excluding hydrogens is 202 g/mol. The number of aryl methyl sites for hydroxylation is 1. The fourth-order valence-corrected chi connectivity index (χ4v) is 1.89. The summed E-state index contributed by atoms with van der Waals surface area (Å²) in [4.78, 5) is 11.2.